The number of rotatable bonds is 9. The molecule has 2 rings (SSSR count). The molecule has 1 aliphatic heterocycles. The number of carbonyl (C=O) groups is 2. The first-order valence-corrected chi connectivity index (χ1v) is 9.08. The number of aliphatic hydroxyl groups is 4. The highest BCUT2D eigenvalue weighted by Crippen LogP contribution is 2.26. The van der Waals surface area contributed by atoms with Gasteiger partial charge in [0, 0.05) is 6.08 Å². The second-order valence-electron chi connectivity index (χ2n) is 6.62. The van der Waals surface area contributed by atoms with Crippen LogP contribution in [0.1, 0.15) is 5.56 Å². The van der Waals surface area contributed by atoms with Gasteiger partial charge in [0.2, 0.25) is 0 Å². The molecule has 31 heavy (non-hydrogen) atoms. The standard InChI is InChI=1S/C19H24O12/c1-28-12-6-9(2-4-11(12)21)3-5-13(22)29-7-10(20)8-30-19-16(25)14(23)15(24)17(31-19)18(26)27/h2-6,10,14-17,19-21,23-25H,7-8H2,1H3,(H,26,27)/b5-3+/t10-,14-,15-,16+,17-,19-/m0/s1. The summed E-state index contributed by atoms with van der Waals surface area (Å²) in [4.78, 5) is 22.8. The molecule has 0 aliphatic carbocycles. The number of phenols is 1. The van der Waals surface area contributed by atoms with Crippen LogP contribution in [-0.4, -0.2) is 99.7 Å². The van der Waals surface area contributed by atoms with Crippen LogP contribution < -0.4 is 4.74 Å². The molecule has 0 spiro atoms. The van der Waals surface area contributed by atoms with Gasteiger partial charge >= 0.3 is 11.9 Å². The Bertz CT molecular complexity index is 794. The number of hydrogen-bond donors (Lipinski definition) is 6. The molecule has 12 heteroatoms. The molecule has 6 atom stereocenters. The predicted molar refractivity (Wildman–Crippen MR) is 101 cm³/mol. The third-order valence-corrected chi connectivity index (χ3v) is 4.30. The van der Waals surface area contributed by atoms with E-state index in [1.807, 2.05) is 0 Å². The quantitative estimate of drug-likeness (QED) is 0.186. The van der Waals surface area contributed by atoms with Crippen LogP contribution in [0.3, 0.4) is 0 Å². The van der Waals surface area contributed by atoms with Crippen LogP contribution in [0.2, 0.25) is 0 Å². The Kier molecular flexibility index (Phi) is 8.74. The maximum atomic E-state index is 11.8. The lowest BCUT2D eigenvalue weighted by atomic mass is 9.99. The van der Waals surface area contributed by atoms with E-state index >= 15 is 0 Å². The zero-order valence-corrected chi connectivity index (χ0v) is 16.4. The molecule has 0 aromatic heterocycles. The molecular weight excluding hydrogens is 420 g/mol. The van der Waals surface area contributed by atoms with Crippen molar-refractivity contribution in [1.29, 1.82) is 0 Å². The van der Waals surface area contributed by atoms with Crippen molar-refractivity contribution < 1.29 is 59.2 Å². The van der Waals surface area contributed by atoms with Gasteiger partial charge in [0.15, 0.2) is 23.9 Å². The van der Waals surface area contributed by atoms with Crippen LogP contribution in [0, 0.1) is 0 Å². The summed E-state index contributed by atoms with van der Waals surface area (Å²) in [6, 6.07) is 4.42. The zero-order valence-electron chi connectivity index (χ0n) is 16.4. The van der Waals surface area contributed by atoms with Crippen LogP contribution in [0.25, 0.3) is 6.08 Å². The third-order valence-electron chi connectivity index (χ3n) is 4.30. The fourth-order valence-electron chi connectivity index (χ4n) is 2.63. The molecule has 0 radical (unpaired) electrons. The fraction of sp³-hybridized carbons (Fsp3) is 0.474. The number of aromatic hydroxyl groups is 1. The molecule has 0 amide bonds. The second-order valence-corrected chi connectivity index (χ2v) is 6.62. The van der Waals surface area contributed by atoms with Gasteiger partial charge in [-0.15, -0.1) is 0 Å². The van der Waals surface area contributed by atoms with E-state index in [2.05, 4.69) is 0 Å². The van der Waals surface area contributed by atoms with E-state index in [0.29, 0.717) is 5.56 Å². The number of hydrogen-bond acceptors (Lipinski definition) is 11. The minimum absolute atomic E-state index is 0.0610. The van der Waals surface area contributed by atoms with Crippen LogP contribution >= 0.6 is 0 Å². The Hall–Kier alpha value is -2.74. The maximum absolute atomic E-state index is 11.8. The number of carboxylic acids is 1. The van der Waals surface area contributed by atoms with Crippen molar-refractivity contribution in [2.24, 2.45) is 0 Å². The SMILES string of the molecule is COc1cc(/C=C/C(=O)OC[C@H](O)CO[C@H]2O[C@H](C(=O)O)[C@@H](O)[C@H](O)[C@H]2O)ccc1O. The predicted octanol–water partition coefficient (Wildman–Crippen LogP) is -1.77. The molecule has 1 heterocycles. The van der Waals surface area contributed by atoms with Crippen molar-refractivity contribution in [1.82, 2.24) is 0 Å². The second kappa shape index (κ2) is 11.0. The normalized spacial score (nSPS) is 27.1. The number of aliphatic carboxylic acids is 1. The van der Waals surface area contributed by atoms with Gasteiger partial charge in [0.1, 0.15) is 31.0 Å². The first-order chi connectivity index (χ1) is 14.6. The van der Waals surface area contributed by atoms with Gasteiger partial charge in [-0.3, -0.25) is 0 Å². The largest absolute Gasteiger partial charge is 0.504 e. The number of benzene rings is 1. The van der Waals surface area contributed by atoms with E-state index in [-0.39, 0.29) is 11.5 Å². The molecule has 1 aromatic rings. The van der Waals surface area contributed by atoms with E-state index in [9.17, 15) is 35.1 Å². The highest BCUT2D eigenvalue weighted by Gasteiger charge is 2.47. The molecular formula is C19H24O12. The highest BCUT2D eigenvalue weighted by molar-refractivity contribution is 5.87. The molecule has 0 saturated carbocycles. The lowest BCUT2D eigenvalue weighted by Gasteiger charge is -2.38. The molecule has 0 bridgehead atoms. The fourth-order valence-corrected chi connectivity index (χ4v) is 2.63. The molecule has 1 aromatic carbocycles. The van der Waals surface area contributed by atoms with Gasteiger partial charge in [0.25, 0.3) is 0 Å². The number of esters is 1. The Balaban J connectivity index is 1.80. The van der Waals surface area contributed by atoms with Crippen LogP contribution in [-0.2, 0) is 23.8 Å². The Labute approximate surface area is 176 Å². The number of carboxylic acid groups (broad SMARTS) is 1. The summed E-state index contributed by atoms with van der Waals surface area (Å²) in [6.45, 7) is -1.01. The van der Waals surface area contributed by atoms with Crippen LogP contribution in [0.4, 0.5) is 0 Å². The van der Waals surface area contributed by atoms with Gasteiger partial charge in [-0.1, -0.05) is 6.07 Å². The van der Waals surface area contributed by atoms with Gasteiger partial charge in [-0.05, 0) is 23.8 Å². The summed E-state index contributed by atoms with van der Waals surface area (Å²) in [5, 5.41) is 57.4. The average molecular weight is 444 g/mol. The topological polar surface area (TPSA) is 192 Å². The summed E-state index contributed by atoms with van der Waals surface area (Å²) in [5.41, 5.74) is 0.549. The number of methoxy groups -OCH3 is 1. The molecule has 6 N–H and O–H groups in total. The van der Waals surface area contributed by atoms with E-state index in [1.165, 1.54) is 31.4 Å². The Morgan fingerprint density at radius 3 is 2.52 bits per heavy atom. The maximum Gasteiger partial charge on any atom is 0.335 e. The van der Waals surface area contributed by atoms with E-state index in [4.69, 9.17) is 24.1 Å². The summed E-state index contributed by atoms with van der Waals surface area (Å²) < 4.78 is 19.7. The highest BCUT2D eigenvalue weighted by atomic mass is 16.7. The summed E-state index contributed by atoms with van der Waals surface area (Å²) >= 11 is 0. The Morgan fingerprint density at radius 2 is 1.87 bits per heavy atom. The summed E-state index contributed by atoms with van der Waals surface area (Å²) in [6.07, 6.45) is -7.78. The van der Waals surface area contributed by atoms with Crippen LogP contribution in [0.5, 0.6) is 11.5 Å². The molecule has 1 aliphatic rings. The van der Waals surface area contributed by atoms with Gasteiger partial charge in [-0.2, -0.15) is 0 Å². The molecule has 1 fully saturated rings. The van der Waals surface area contributed by atoms with E-state index in [1.54, 1.807) is 0 Å². The van der Waals surface area contributed by atoms with E-state index in [0.717, 1.165) is 6.08 Å². The summed E-state index contributed by atoms with van der Waals surface area (Å²) in [7, 11) is 1.38. The minimum atomic E-state index is -1.86. The summed E-state index contributed by atoms with van der Waals surface area (Å²) in [5.74, 6) is -2.20. The molecule has 12 nitrogen and oxygen atoms in total. The Morgan fingerprint density at radius 1 is 1.16 bits per heavy atom. The van der Waals surface area contributed by atoms with Crippen molar-refractivity contribution in [3.8, 4) is 11.5 Å². The van der Waals surface area contributed by atoms with Gasteiger partial charge < -0.3 is 49.6 Å². The third kappa shape index (κ3) is 6.62. The van der Waals surface area contributed by atoms with Crippen molar-refractivity contribution >= 4 is 18.0 Å². The first kappa shape index (κ1) is 24.5. The molecule has 172 valence electrons. The van der Waals surface area contributed by atoms with E-state index < -0.39 is 62.0 Å². The molecule has 0 unspecified atom stereocenters. The smallest absolute Gasteiger partial charge is 0.335 e. The number of ether oxygens (including phenoxy) is 4. The zero-order chi connectivity index (χ0) is 23.1. The lowest BCUT2D eigenvalue weighted by molar-refractivity contribution is -0.298. The lowest BCUT2D eigenvalue weighted by Crippen LogP contribution is -2.60. The number of aliphatic hydroxyl groups excluding tert-OH is 4. The first-order valence-electron chi connectivity index (χ1n) is 9.08. The monoisotopic (exact) mass is 444 g/mol. The van der Waals surface area contributed by atoms with Gasteiger partial charge in [0.05, 0.1) is 13.7 Å². The number of carbonyl (C=O) groups excluding carboxylic acids is 1. The average Bonchev–Trinajstić information content (AvgIpc) is 2.74. The van der Waals surface area contributed by atoms with Crippen molar-refractivity contribution in [2.75, 3.05) is 20.3 Å². The van der Waals surface area contributed by atoms with Crippen molar-refractivity contribution in [3.63, 3.8) is 0 Å². The van der Waals surface area contributed by atoms with Crippen molar-refractivity contribution in [2.45, 2.75) is 36.8 Å². The molecule has 1 saturated heterocycles. The van der Waals surface area contributed by atoms with Crippen LogP contribution in [0.15, 0.2) is 24.3 Å². The minimum Gasteiger partial charge on any atom is -0.504 e. The number of phenolic OH excluding ortho intramolecular Hbond substituents is 1. The van der Waals surface area contributed by atoms with Crippen molar-refractivity contribution in [3.05, 3.63) is 29.8 Å². The van der Waals surface area contributed by atoms with Gasteiger partial charge in [-0.25, -0.2) is 9.59 Å².